The van der Waals surface area contributed by atoms with Gasteiger partial charge in [-0.25, -0.2) is 4.39 Å². The second kappa shape index (κ2) is 6.35. The van der Waals surface area contributed by atoms with E-state index in [-0.39, 0.29) is 18.1 Å². The zero-order chi connectivity index (χ0) is 12.0. The Morgan fingerprint density at radius 3 is 2.88 bits per heavy atom. The van der Waals surface area contributed by atoms with Crippen LogP contribution in [0.4, 0.5) is 4.39 Å². The van der Waals surface area contributed by atoms with Crippen molar-refractivity contribution in [1.82, 2.24) is 5.32 Å². The summed E-state index contributed by atoms with van der Waals surface area (Å²) in [5.74, 6) is -0.330. The Hall–Kier alpha value is -1.26. The number of Topliss-reactive ketones (excluding diaryl/α,β-unsaturated/α-hetero) is 1. The first-order valence-electron chi connectivity index (χ1n) is 5.14. The van der Waals surface area contributed by atoms with Gasteiger partial charge in [0, 0.05) is 19.2 Å². The van der Waals surface area contributed by atoms with Crippen LogP contribution in [0, 0.1) is 12.7 Å². The van der Waals surface area contributed by atoms with E-state index in [0.717, 1.165) is 0 Å². The predicted molar refractivity (Wildman–Crippen MR) is 60.2 cm³/mol. The second-order valence-electron chi connectivity index (χ2n) is 3.56. The van der Waals surface area contributed by atoms with Crippen molar-refractivity contribution in [2.45, 2.75) is 6.92 Å². The Labute approximate surface area is 94.6 Å². The zero-order valence-electron chi connectivity index (χ0n) is 9.55. The molecule has 1 aromatic carbocycles. The van der Waals surface area contributed by atoms with Crippen molar-refractivity contribution in [3.05, 3.63) is 35.1 Å². The molecule has 4 heteroatoms. The number of carbonyl (C=O) groups excluding carboxylic acids is 1. The Morgan fingerprint density at radius 2 is 2.25 bits per heavy atom. The molecule has 88 valence electrons. The van der Waals surface area contributed by atoms with Crippen molar-refractivity contribution in [3.63, 3.8) is 0 Å². The number of hydrogen-bond acceptors (Lipinski definition) is 3. The largest absolute Gasteiger partial charge is 0.383 e. The van der Waals surface area contributed by atoms with E-state index in [1.165, 1.54) is 12.1 Å². The number of methoxy groups -OCH3 is 1. The summed E-state index contributed by atoms with van der Waals surface area (Å²) in [6.45, 7) is 3.08. The number of rotatable bonds is 6. The highest BCUT2D eigenvalue weighted by Gasteiger charge is 2.06. The summed E-state index contributed by atoms with van der Waals surface area (Å²) in [6.07, 6.45) is 0. The van der Waals surface area contributed by atoms with Crippen LogP contribution in [0.5, 0.6) is 0 Å². The SMILES string of the molecule is COCCNCC(=O)c1ccc(F)c(C)c1. The average molecular weight is 225 g/mol. The number of ketones is 1. The lowest BCUT2D eigenvalue weighted by Gasteiger charge is -2.04. The summed E-state index contributed by atoms with van der Waals surface area (Å²) in [5.41, 5.74) is 1.02. The number of carbonyl (C=O) groups is 1. The summed E-state index contributed by atoms with van der Waals surface area (Å²) in [7, 11) is 1.60. The molecule has 0 unspecified atom stereocenters. The Kier molecular flexibility index (Phi) is 5.08. The predicted octanol–water partition coefficient (Wildman–Crippen LogP) is 1.55. The van der Waals surface area contributed by atoms with Gasteiger partial charge in [0.25, 0.3) is 0 Å². The lowest BCUT2D eigenvalue weighted by molar-refractivity contribution is 0.0987. The third-order valence-electron chi connectivity index (χ3n) is 2.25. The molecule has 1 aromatic rings. The molecule has 0 aliphatic carbocycles. The molecule has 1 rings (SSSR count). The van der Waals surface area contributed by atoms with Gasteiger partial charge in [-0.1, -0.05) is 0 Å². The number of halogens is 1. The molecule has 0 radical (unpaired) electrons. The van der Waals surface area contributed by atoms with Gasteiger partial charge in [-0.15, -0.1) is 0 Å². The highest BCUT2D eigenvalue weighted by atomic mass is 19.1. The number of ether oxygens (including phenoxy) is 1. The minimum atomic E-state index is -0.288. The first-order valence-corrected chi connectivity index (χ1v) is 5.14. The minimum absolute atomic E-state index is 0.0424. The molecule has 16 heavy (non-hydrogen) atoms. The van der Waals surface area contributed by atoms with Crippen molar-refractivity contribution in [2.75, 3.05) is 26.8 Å². The van der Waals surface area contributed by atoms with Gasteiger partial charge in [0.1, 0.15) is 5.82 Å². The van der Waals surface area contributed by atoms with Gasteiger partial charge in [0.2, 0.25) is 0 Å². The molecule has 0 atom stereocenters. The maximum Gasteiger partial charge on any atom is 0.176 e. The molecule has 0 aliphatic heterocycles. The topological polar surface area (TPSA) is 38.3 Å². The third-order valence-corrected chi connectivity index (χ3v) is 2.25. The van der Waals surface area contributed by atoms with Crippen LogP contribution in [0.15, 0.2) is 18.2 Å². The van der Waals surface area contributed by atoms with Crippen LogP contribution in [0.1, 0.15) is 15.9 Å². The highest BCUT2D eigenvalue weighted by Crippen LogP contribution is 2.09. The summed E-state index contributed by atoms with van der Waals surface area (Å²) < 4.78 is 17.8. The lowest BCUT2D eigenvalue weighted by Crippen LogP contribution is -2.26. The van der Waals surface area contributed by atoms with E-state index in [2.05, 4.69) is 5.32 Å². The number of benzene rings is 1. The summed E-state index contributed by atoms with van der Waals surface area (Å²) in [4.78, 5) is 11.6. The van der Waals surface area contributed by atoms with Crippen LogP contribution in [0.25, 0.3) is 0 Å². The van der Waals surface area contributed by atoms with E-state index >= 15 is 0 Å². The molecular weight excluding hydrogens is 209 g/mol. The maximum absolute atomic E-state index is 13.0. The van der Waals surface area contributed by atoms with Gasteiger partial charge in [-0.3, -0.25) is 4.79 Å². The molecule has 0 saturated heterocycles. The molecule has 0 aromatic heterocycles. The van der Waals surface area contributed by atoms with Gasteiger partial charge in [-0.2, -0.15) is 0 Å². The number of hydrogen-bond donors (Lipinski definition) is 1. The quantitative estimate of drug-likeness (QED) is 0.589. The standard InChI is InChI=1S/C12H16FNO2/c1-9-7-10(3-4-11(9)13)12(15)8-14-5-6-16-2/h3-4,7,14H,5-6,8H2,1-2H3. The summed E-state index contributed by atoms with van der Waals surface area (Å²) >= 11 is 0. The monoisotopic (exact) mass is 225 g/mol. The fourth-order valence-electron chi connectivity index (χ4n) is 1.30. The van der Waals surface area contributed by atoms with E-state index < -0.39 is 0 Å². The molecule has 0 bridgehead atoms. The van der Waals surface area contributed by atoms with Gasteiger partial charge >= 0.3 is 0 Å². The molecule has 1 N–H and O–H groups in total. The van der Waals surface area contributed by atoms with Crippen LogP contribution in [-0.4, -0.2) is 32.6 Å². The van der Waals surface area contributed by atoms with Crippen molar-refractivity contribution < 1.29 is 13.9 Å². The normalized spacial score (nSPS) is 10.4. The van der Waals surface area contributed by atoms with Crippen LogP contribution >= 0.6 is 0 Å². The Morgan fingerprint density at radius 1 is 1.50 bits per heavy atom. The first kappa shape index (κ1) is 12.8. The third kappa shape index (κ3) is 3.72. The number of aryl methyl sites for hydroxylation is 1. The van der Waals surface area contributed by atoms with Crippen LogP contribution in [0.2, 0.25) is 0 Å². The van der Waals surface area contributed by atoms with Crippen LogP contribution in [0.3, 0.4) is 0 Å². The van der Waals surface area contributed by atoms with Crippen LogP contribution in [-0.2, 0) is 4.74 Å². The molecule has 0 fully saturated rings. The second-order valence-corrected chi connectivity index (χ2v) is 3.56. The fraction of sp³-hybridized carbons (Fsp3) is 0.417. The van der Waals surface area contributed by atoms with Crippen LogP contribution < -0.4 is 5.32 Å². The maximum atomic E-state index is 13.0. The van der Waals surface area contributed by atoms with Crippen molar-refractivity contribution >= 4 is 5.78 Å². The lowest BCUT2D eigenvalue weighted by atomic mass is 10.1. The van der Waals surface area contributed by atoms with Crippen molar-refractivity contribution in [1.29, 1.82) is 0 Å². The molecule has 0 saturated carbocycles. The van der Waals surface area contributed by atoms with Gasteiger partial charge in [0.05, 0.1) is 13.2 Å². The van der Waals surface area contributed by atoms with Gasteiger partial charge in [-0.05, 0) is 30.7 Å². The minimum Gasteiger partial charge on any atom is -0.383 e. The first-order chi connectivity index (χ1) is 7.65. The average Bonchev–Trinajstić information content (AvgIpc) is 2.28. The van der Waals surface area contributed by atoms with E-state index in [9.17, 15) is 9.18 Å². The summed E-state index contributed by atoms with van der Waals surface area (Å²) in [5, 5.41) is 2.95. The van der Waals surface area contributed by atoms with Crippen molar-refractivity contribution in [3.8, 4) is 0 Å². The molecule has 0 aliphatic rings. The smallest absolute Gasteiger partial charge is 0.176 e. The van der Waals surface area contributed by atoms with E-state index in [0.29, 0.717) is 24.3 Å². The molecule has 0 amide bonds. The molecule has 3 nitrogen and oxygen atoms in total. The van der Waals surface area contributed by atoms with Crippen molar-refractivity contribution in [2.24, 2.45) is 0 Å². The Bertz CT molecular complexity index is 366. The zero-order valence-corrected chi connectivity index (χ0v) is 9.55. The van der Waals surface area contributed by atoms with Gasteiger partial charge in [0.15, 0.2) is 5.78 Å². The number of nitrogens with one attached hydrogen (secondary N) is 1. The molecule has 0 heterocycles. The van der Waals surface area contributed by atoms with E-state index in [1.54, 1.807) is 20.1 Å². The molecular formula is C12H16FNO2. The van der Waals surface area contributed by atoms with Gasteiger partial charge < -0.3 is 10.1 Å². The van der Waals surface area contributed by atoms with E-state index in [1.807, 2.05) is 0 Å². The van der Waals surface area contributed by atoms with E-state index in [4.69, 9.17) is 4.74 Å². The Balaban J connectivity index is 2.50. The fourth-order valence-corrected chi connectivity index (χ4v) is 1.30. The highest BCUT2D eigenvalue weighted by molar-refractivity contribution is 5.97. The molecule has 0 spiro atoms. The summed E-state index contributed by atoms with van der Waals surface area (Å²) in [6, 6.07) is 4.38.